The third-order valence-electron chi connectivity index (χ3n) is 6.07. The molecular weight excluding hydrogens is 366 g/mol. The highest BCUT2D eigenvalue weighted by Crippen LogP contribution is 2.30. The van der Waals surface area contributed by atoms with Gasteiger partial charge in [0.15, 0.2) is 0 Å². The number of imidazole rings is 1. The second-order valence-corrected chi connectivity index (χ2v) is 8.06. The molecule has 3 N–H and O–H groups in total. The number of aliphatic hydroxyl groups is 1. The molecule has 0 saturated heterocycles. The minimum Gasteiger partial charge on any atom is -0.464 e. The molecule has 0 fully saturated rings. The van der Waals surface area contributed by atoms with E-state index in [-0.39, 0.29) is 17.8 Å². The summed E-state index contributed by atoms with van der Waals surface area (Å²) >= 11 is 0. The molecule has 150 valence electrons. The number of nitrogens with one attached hydrogen (secondary N) is 2. The Balaban J connectivity index is 1.29. The van der Waals surface area contributed by atoms with Crippen LogP contribution < -0.4 is 11.0 Å². The molecule has 1 aliphatic heterocycles. The van der Waals surface area contributed by atoms with Crippen LogP contribution >= 0.6 is 0 Å². The van der Waals surface area contributed by atoms with Crippen molar-refractivity contribution in [3.05, 3.63) is 70.3 Å². The molecule has 6 heteroatoms. The van der Waals surface area contributed by atoms with Crippen molar-refractivity contribution in [3.63, 3.8) is 0 Å². The first kappa shape index (κ1) is 18.2. The first-order valence-corrected chi connectivity index (χ1v) is 10.2. The van der Waals surface area contributed by atoms with E-state index in [0.717, 1.165) is 40.4 Å². The van der Waals surface area contributed by atoms with E-state index in [1.54, 1.807) is 10.8 Å². The van der Waals surface area contributed by atoms with Gasteiger partial charge >= 0.3 is 5.69 Å². The maximum Gasteiger partial charge on any atom is 0.326 e. The third kappa shape index (κ3) is 3.28. The molecule has 3 heterocycles. The van der Waals surface area contributed by atoms with E-state index in [4.69, 9.17) is 4.42 Å². The van der Waals surface area contributed by atoms with Crippen LogP contribution in [0.15, 0.2) is 57.9 Å². The minimum atomic E-state index is -0.646. The molecule has 0 bridgehead atoms. The van der Waals surface area contributed by atoms with Crippen molar-refractivity contribution in [1.82, 2.24) is 14.9 Å². The van der Waals surface area contributed by atoms with Gasteiger partial charge in [0.1, 0.15) is 5.58 Å². The first-order valence-electron chi connectivity index (χ1n) is 10.2. The lowest BCUT2D eigenvalue weighted by atomic mass is 9.98. The molecule has 4 aromatic rings. The van der Waals surface area contributed by atoms with E-state index >= 15 is 0 Å². The number of aromatic nitrogens is 2. The smallest absolute Gasteiger partial charge is 0.326 e. The number of aliphatic hydroxyl groups excluding tert-OH is 1. The number of aryl methyl sites for hydroxylation is 2. The molecule has 2 aromatic carbocycles. The first-order chi connectivity index (χ1) is 14.1. The number of H-pyrrole nitrogens is 1. The van der Waals surface area contributed by atoms with Gasteiger partial charge in [-0.25, -0.2) is 4.79 Å². The quantitative estimate of drug-likeness (QED) is 0.486. The third-order valence-corrected chi connectivity index (χ3v) is 6.07. The Labute approximate surface area is 168 Å². The molecule has 5 rings (SSSR count). The second-order valence-electron chi connectivity index (χ2n) is 8.06. The number of para-hydroxylation sites is 1. The van der Waals surface area contributed by atoms with E-state index in [2.05, 4.69) is 29.4 Å². The summed E-state index contributed by atoms with van der Waals surface area (Å²) in [5, 5.41) is 15.8. The Kier molecular flexibility index (Phi) is 4.53. The van der Waals surface area contributed by atoms with Crippen LogP contribution in [0.2, 0.25) is 0 Å². The average Bonchev–Trinajstić information content (AvgIpc) is 3.28. The van der Waals surface area contributed by atoms with Crippen molar-refractivity contribution >= 4 is 22.0 Å². The fourth-order valence-electron chi connectivity index (χ4n) is 4.52. The lowest BCUT2D eigenvalue weighted by Gasteiger charge is -2.26. The zero-order chi connectivity index (χ0) is 20.0. The van der Waals surface area contributed by atoms with Gasteiger partial charge in [0.05, 0.1) is 23.4 Å². The van der Waals surface area contributed by atoms with Gasteiger partial charge in [0.2, 0.25) is 0 Å². The number of rotatable bonds is 5. The standard InChI is InChI=1S/C23H25N3O3/c1-14(5-6-15-7-8-20-16(13-15)10-12-29-20)24-19-9-11-26-21-17(22(19)27)3-2-4-18(21)25-23(26)28/h2-4,7-8,10,12-14,19,22,24,27H,5-6,9,11H2,1H3,(H,25,28)/t14?,19-,22-/m1/s1. The maximum atomic E-state index is 12.3. The summed E-state index contributed by atoms with van der Waals surface area (Å²) in [6.45, 7) is 2.75. The van der Waals surface area contributed by atoms with Crippen molar-refractivity contribution in [2.24, 2.45) is 0 Å². The van der Waals surface area contributed by atoms with Crippen molar-refractivity contribution in [3.8, 4) is 0 Å². The SMILES string of the molecule is CC(CCc1ccc2occc2c1)N[C@@H]1CCn2c(=O)[nH]c3cccc(c32)[C@H]1O. The second kappa shape index (κ2) is 7.21. The van der Waals surface area contributed by atoms with Crippen LogP contribution in [-0.4, -0.2) is 26.7 Å². The molecule has 1 unspecified atom stereocenters. The largest absolute Gasteiger partial charge is 0.464 e. The average molecular weight is 391 g/mol. The van der Waals surface area contributed by atoms with Crippen LogP contribution in [0.3, 0.4) is 0 Å². The number of aromatic amines is 1. The van der Waals surface area contributed by atoms with Gasteiger partial charge in [0.25, 0.3) is 0 Å². The Bertz CT molecular complexity index is 1220. The van der Waals surface area contributed by atoms with Crippen molar-refractivity contribution < 1.29 is 9.52 Å². The number of fused-ring (bicyclic) bond motifs is 1. The van der Waals surface area contributed by atoms with E-state index in [0.29, 0.717) is 13.0 Å². The maximum absolute atomic E-state index is 12.3. The number of nitrogens with zero attached hydrogens (tertiary/aromatic N) is 1. The Morgan fingerprint density at radius 2 is 2.21 bits per heavy atom. The van der Waals surface area contributed by atoms with E-state index in [9.17, 15) is 9.90 Å². The highest BCUT2D eigenvalue weighted by Gasteiger charge is 2.29. The van der Waals surface area contributed by atoms with Crippen LogP contribution in [0.1, 0.15) is 37.0 Å². The van der Waals surface area contributed by atoms with Gasteiger partial charge in [-0.05, 0) is 56.0 Å². The Morgan fingerprint density at radius 1 is 1.31 bits per heavy atom. The number of furan rings is 1. The summed E-state index contributed by atoms with van der Waals surface area (Å²) in [6.07, 6.45) is 3.69. The van der Waals surface area contributed by atoms with Crippen LogP contribution in [0.5, 0.6) is 0 Å². The molecule has 6 nitrogen and oxygen atoms in total. The van der Waals surface area contributed by atoms with E-state index in [1.165, 1.54) is 5.56 Å². The van der Waals surface area contributed by atoms with Gasteiger partial charge in [-0.2, -0.15) is 0 Å². The molecular formula is C23H25N3O3. The van der Waals surface area contributed by atoms with Crippen LogP contribution in [0.25, 0.3) is 22.0 Å². The summed E-state index contributed by atoms with van der Waals surface area (Å²) in [4.78, 5) is 15.2. The zero-order valence-electron chi connectivity index (χ0n) is 16.4. The fourth-order valence-corrected chi connectivity index (χ4v) is 4.52. The summed E-state index contributed by atoms with van der Waals surface area (Å²) in [5.41, 5.74) is 4.51. The Morgan fingerprint density at radius 3 is 3.10 bits per heavy atom. The summed E-state index contributed by atoms with van der Waals surface area (Å²) in [6, 6.07) is 14.1. The molecule has 0 aliphatic carbocycles. The van der Waals surface area contributed by atoms with Gasteiger partial charge in [0, 0.05) is 29.6 Å². The molecule has 0 spiro atoms. The molecule has 0 saturated carbocycles. The predicted octanol–water partition coefficient (Wildman–Crippen LogP) is 3.49. The number of benzene rings is 2. The van der Waals surface area contributed by atoms with Gasteiger partial charge in [-0.15, -0.1) is 0 Å². The van der Waals surface area contributed by atoms with Crippen molar-refractivity contribution in [2.75, 3.05) is 0 Å². The molecule has 3 atom stereocenters. The van der Waals surface area contributed by atoms with Crippen LogP contribution in [0.4, 0.5) is 0 Å². The van der Waals surface area contributed by atoms with Crippen molar-refractivity contribution in [2.45, 2.75) is 50.9 Å². The summed E-state index contributed by atoms with van der Waals surface area (Å²) in [5.74, 6) is 0. The topological polar surface area (TPSA) is 83.2 Å². The lowest BCUT2D eigenvalue weighted by molar-refractivity contribution is 0.119. The highest BCUT2D eigenvalue weighted by molar-refractivity contribution is 5.80. The lowest BCUT2D eigenvalue weighted by Crippen LogP contribution is -2.41. The predicted molar refractivity (Wildman–Crippen MR) is 113 cm³/mol. The molecule has 1 aliphatic rings. The molecule has 0 radical (unpaired) electrons. The number of hydrogen-bond acceptors (Lipinski definition) is 4. The summed E-state index contributed by atoms with van der Waals surface area (Å²) < 4.78 is 7.16. The van der Waals surface area contributed by atoms with Gasteiger partial charge in [-0.1, -0.05) is 18.2 Å². The molecule has 29 heavy (non-hydrogen) atoms. The minimum absolute atomic E-state index is 0.0914. The number of hydrogen-bond donors (Lipinski definition) is 3. The molecule has 0 amide bonds. The van der Waals surface area contributed by atoms with Gasteiger partial charge < -0.3 is 19.8 Å². The molecule has 2 aromatic heterocycles. The van der Waals surface area contributed by atoms with Gasteiger partial charge in [-0.3, -0.25) is 4.57 Å². The van der Waals surface area contributed by atoms with Crippen LogP contribution in [-0.2, 0) is 13.0 Å². The van der Waals surface area contributed by atoms with E-state index in [1.807, 2.05) is 30.3 Å². The monoisotopic (exact) mass is 391 g/mol. The highest BCUT2D eigenvalue weighted by atomic mass is 16.3. The normalized spacial score (nSPS) is 20.2. The van der Waals surface area contributed by atoms with E-state index < -0.39 is 6.10 Å². The zero-order valence-corrected chi connectivity index (χ0v) is 16.4. The summed E-state index contributed by atoms with van der Waals surface area (Å²) in [7, 11) is 0. The Hall–Kier alpha value is -2.83. The van der Waals surface area contributed by atoms with Crippen LogP contribution in [0, 0.1) is 0 Å². The fraction of sp³-hybridized carbons (Fsp3) is 0.348. The van der Waals surface area contributed by atoms with Crippen molar-refractivity contribution in [1.29, 1.82) is 0 Å².